The van der Waals surface area contributed by atoms with Crippen LogP contribution in [-0.2, 0) is 17.9 Å². The van der Waals surface area contributed by atoms with Crippen LogP contribution in [0.5, 0.6) is 5.75 Å². The zero-order chi connectivity index (χ0) is 20.0. The van der Waals surface area contributed by atoms with E-state index in [9.17, 15) is 0 Å². The van der Waals surface area contributed by atoms with Gasteiger partial charge < -0.3 is 20.1 Å². The standard InChI is InChI=1S/C23H31N3O2/c1-5-27-16-18-12-10-17(11-13-18)15-25-22(24-4)26-20-14-23(2,3)28-21-9-7-6-8-19(20)21/h6-13,20H,5,14-16H2,1-4H3,(H2,24,25,26). The summed E-state index contributed by atoms with van der Waals surface area (Å²) in [6.45, 7) is 8.36. The predicted molar refractivity (Wildman–Crippen MR) is 114 cm³/mol. The van der Waals surface area contributed by atoms with Crippen LogP contribution in [0.1, 0.15) is 49.9 Å². The lowest BCUT2D eigenvalue weighted by atomic mass is 9.90. The molecular weight excluding hydrogens is 350 g/mol. The van der Waals surface area contributed by atoms with Gasteiger partial charge in [0.25, 0.3) is 0 Å². The average molecular weight is 382 g/mol. The highest BCUT2D eigenvalue weighted by Crippen LogP contribution is 2.39. The molecule has 0 fully saturated rings. The zero-order valence-electron chi connectivity index (χ0n) is 17.3. The Bertz CT molecular complexity index is 800. The SMILES string of the molecule is CCOCc1ccc(CNC(=NC)NC2CC(C)(C)Oc3ccccc32)cc1. The largest absolute Gasteiger partial charge is 0.487 e. The molecule has 0 aliphatic carbocycles. The van der Waals surface area contributed by atoms with Gasteiger partial charge >= 0.3 is 0 Å². The number of para-hydroxylation sites is 1. The minimum absolute atomic E-state index is 0.153. The Labute approximate surface area is 168 Å². The first-order valence-electron chi connectivity index (χ1n) is 9.91. The topological polar surface area (TPSA) is 54.9 Å². The third-order valence-corrected chi connectivity index (χ3v) is 4.87. The fourth-order valence-electron chi connectivity index (χ4n) is 3.45. The van der Waals surface area contributed by atoms with E-state index in [4.69, 9.17) is 9.47 Å². The lowest BCUT2D eigenvalue weighted by molar-refractivity contribution is 0.0694. The molecule has 5 nitrogen and oxygen atoms in total. The molecule has 0 radical (unpaired) electrons. The fourth-order valence-corrected chi connectivity index (χ4v) is 3.45. The highest BCUT2D eigenvalue weighted by atomic mass is 16.5. The summed E-state index contributed by atoms with van der Waals surface area (Å²) in [6.07, 6.45) is 0.872. The summed E-state index contributed by atoms with van der Waals surface area (Å²) in [5.74, 6) is 1.73. The predicted octanol–water partition coefficient (Wildman–Crippen LogP) is 4.19. The summed E-state index contributed by atoms with van der Waals surface area (Å²) in [4.78, 5) is 4.41. The Morgan fingerprint density at radius 1 is 1.14 bits per heavy atom. The normalized spacial score (nSPS) is 18.1. The molecule has 2 aromatic rings. The Morgan fingerprint density at radius 2 is 1.86 bits per heavy atom. The number of ether oxygens (including phenoxy) is 2. The van der Waals surface area contributed by atoms with Crippen LogP contribution in [0.4, 0.5) is 0 Å². The second-order valence-electron chi connectivity index (χ2n) is 7.68. The van der Waals surface area contributed by atoms with Gasteiger partial charge in [-0.3, -0.25) is 4.99 Å². The lowest BCUT2D eigenvalue weighted by Gasteiger charge is -2.38. The van der Waals surface area contributed by atoms with Crippen LogP contribution in [0, 0.1) is 0 Å². The van der Waals surface area contributed by atoms with Crippen molar-refractivity contribution in [2.45, 2.75) is 52.0 Å². The highest BCUT2D eigenvalue weighted by molar-refractivity contribution is 5.80. The lowest BCUT2D eigenvalue weighted by Crippen LogP contribution is -2.45. The van der Waals surface area contributed by atoms with Crippen molar-refractivity contribution < 1.29 is 9.47 Å². The molecule has 0 amide bonds. The third-order valence-electron chi connectivity index (χ3n) is 4.87. The highest BCUT2D eigenvalue weighted by Gasteiger charge is 2.33. The van der Waals surface area contributed by atoms with E-state index in [2.05, 4.69) is 65.9 Å². The number of hydrogen-bond donors (Lipinski definition) is 2. The van der Waals surface area contributed by atoms with E-state index < -0.39 is 0 Å². The summed E-state index contributed by atoms with van der Waals surface area (Å²) >= 11 is 0. The van der Waals surface area contributed by atoms with Crippen LogP contribution < -0.4 is 15.4 Å². The molecule has 0 bridgehead atoms. The zero-order valence-corrected chi connectivity index (χ0v) is 17.3. The molecular formula is C23H31N3O2. The molecule has 2 N–H and O–H groups in total. The molecule has 1 heterocycles. The molecule has 1 aliphatic rings. The van der Waals surface area contributed by atoms with E-state index in [0.717, 1.165) is 24.7 Å². The van der Waals surface area contributed by atoms with Gasteiger partial charge in [0.1, 0.15) is 11.4 Å². The monoisotopic (exact) mass is 381 g/mol. The summed E-state index contributed by atoms with van der Waals surface area (Å²) < 4.78 is 11.6. The number of benzene rings is 2. The molecule has 28 heavy (non-hydrogen) atoms. The van der Waals surface area contributed by atoms with E-state index in [1.807, 2.05) is 19.1 Å². The molecule has 3 rings (SSSR count). The van der Waals surface area contributed by atoms with Crippen molar-refractivity contribution in [3.8, 4) is 5.75 Å². The number of nitrogens with one attached hydrogen (secondary N) is 2. The van der Waals surface area contributed by atoms with Crippen LogP contribution >= 0.6 is 0 Å². The van der Waals surface area contributed by atoms with Crippen LogP contribution in [0.25, 0.3) is 0 Å². The average Bonchev–Trinajstić information content (AvgIpc) is 2.69. The van der Waals surface area contributed by atoms with Crippen LogP contribution in [0.2, 0.25) is 0 Å². The minimum Gasteiger partial charge on any atom is -0.487 e. The van der Waals surface area contributed by atoms with Crippen molar-refractivity contribution in [1.29, 1.82) is 0 Å². The molecule has 5 heteroatoms. The summed E-state index contributed by atoms with van der Waals surface area (Å²) in [5, 5.41) is 6.99. The number of fused-ring (bicyclic) bond motifs is 1. The van der Waals surface area contributed by atoms with Gasteiger partial charge in [0.05, 0.1) is 12.6 Å². The first-order chi connectivity index (χ1) is 13.5. The van der Waals surface area contributed by atoms with Gasteiger partial charge in [0.15, 0.2) is 5.96 Å². The molecule has 1 aliphatic heterocycles. The maximum Gasteiger partial charge on any atom is 0.191 e. The van der Waals surface area contributed by atoms with E-state index in [1.165, 1.54) is 16.7 Å². The van der Waals surface area contributed by atoms with Gasteiger partial charge in [-0.2, -0.15) is 0 Å². The molecule has 0 saturated heterocycles. The summed E-state index contributed by atoms with van der Waals surface area (Å²) in [5.41, 5.74) is 3.34. The van der Waals surface area contributed by atoms with Crippen LogP contribution in [-0.4, -0.2) is 25.2 Å². The minimum atomic E-state index is -0.221. The third kappa shape index (κ3) is 5.26. The summed E-state index contributed by atoms with van der Waals surface area (Å²) in [7, 11) is 1.80. The molecule has 0 spiro atoms. The molecule has 1 unspecified atom stereocenters. The van der Waals surface area contributed by atoms with Gasteiger partial charge in [-0.25, -0.2) is 0 Å². The van der Waals surface area contributed by atoms with Gasteiger partial charge in [0, 0.05) is 32.2 Å². The van der Waals surface area contributed by atoms with Gasteiger partial charge in [-0.05, 0) is 38.0 Å². The Balaban J connectivity index is 1.62. The molecule has 150 valence electrons. The van der Waals surface area contributed by atoms with E-state index in [0.29, 0.717) is 13.2 Å². The Hall–Kier alpha value is -2.53. The maximum atomic E-state index is 6.12. The first kappa shape index (κ1) is 20.2. The molecule has 0 aromatic heterocycles. The first-order valence-corrected chi connectivity index (χ1v) is 9.91. The number of aliphatic imine (C=N–C) groups is 1. The number of nitrogens with zero attached hydrogens (tertiary/aromatic N) is 1. The van der Waals surface area contributed by atoms with Crippen molar-refractivity contribution in [3.05, 3.63) is 65.2 Å². The Kier molecular flexibility index (Phi) is 6.57. The molecule has 2 aromatic carbocycles. The van der Waals surface area contributed by atoms with E-state index in [-0.39, 0.29) is 11.6 Å². The smallest absolute Gasteiger partial charge is 0.191 e. The molecule has 1 atom stereocenters. The van der Waals surface area contributed by atoms with Gasteiger partial charge in [-0.1, -0.05) is 42.5 Å². The fraction of sp³-hybridized carbons (Fsp3) is 0.435. The Morgan fingerprint density at radius 3 is 2.57 bits per heavy atom. The molecule has 0 saturated carbocycles. The van der Waals surface area contributed by atoms with Crippen LogP contribution in [0.3, 0.4) is 0 Å². The van der Waals surface area contributed by atoms with Crippen molar-refractivity contribution in [2.24, 2.45) is 4.99 Å². The van der Waals surface area contributed by atoms with Crippen molar-refractivity contribution in [2.75, 3.05) is 13.7 Å². The number of hydrogen-bond acceptors (Lipinski definition) is 3. The van der Waals surface area contributed by atoms with Gasteiger partial charge in [-0.15, -0.1) is 0 Å². The van der Waals surface area contributed by atoms with E-state index in [1.54, 1.807) is 7.05 Å². The van der Waals surface area contributed by atoms with Crippen LogP contribution in [0.15, 0.2) is 53.5 Å². The maximum absolute atomic E-state index is 6.12. The van der Waals surface area contributed by atoms with Crippen molar-refractivity contribution in [1.82, 2.24) is 10.6 Å². The number of guanidine groups is 1. The van der Waals surface area contributed by atoms with Crippen molar-refractivity contribution in [3.63, 3.8) is 0 Å². The number of rotatable bonds is 6. The van der Waals surface area contributed by atoms with Crippen molar-refractivity contribution >= 4 is 5.96 Å². The quantitative estimate of drug-likeness (QED) is 0.582. The second-order valence-corrected chi connectivity index (χ2v) is 7.68. The van der Waals surface area contributed by atoms with Gasteiger partial charge in [0.2, 0.25) is 0 Å². The summed E-state index contributed by atoms with van der Waals surface area (Å²) in [6, 6.07) is 16.8. The van der Waals surface area contributed by atoms with E-state index >= 15 is 0 Å². The second kappa shape index (κ2) is 9.11.